The molecule has 1 aromatic rings. The van der Waals surface area contributed by atoms with E-state index in [0.29, 0.717) is 19.1 Å². The van der Waals surface area contributed by atoms with Gasteiger partial charge in [-0.2, -0.15) is 0 Å². The van der Waals surface area contributed by atoms with E-state index in [4.69, 9.17) is 4.74 Å². The molecule has 0 radical (unpaired) electrons. The summed E-state index contributed by atoms with van der Waals surface area (Å²) in [5, 5.41) is 3.24. The number of nitrogens with one attached hydrogen (secondary N) is 1. The van der Waals surface area contributed by atoms with Gasteiger partial charge in [-0.15, -0.1) is 0 Å². The summed E-state index contributed by atoms with van der Waals surface area (Å²) in [7, 11) is 0. The van der Waals surface area contributed by atoms with Crippen LogP contribution in [0.25, 0.3) is 0 Å². The fraction of sp³-hybridized carbons (Fsp3) is 0.588. The maximum Gasteiger partial charge on any atom is 0.223 e. The first-order valence-electron chi connectivity index (χ1n) is 7.60. The molecule has 2 rings (SSSR count). The molecule has 1 fully saturated rings. The van der Waals surface area contributed by atoms with Crippen LogP contribution in [0, 0.1) is 11.8 Å². The molecule has 1 heterocycles. The second-order valence-electron chi connectivity index (χ2n) is 5.99. The van der Waals surface area contributed by atoms with Gasteiger partial charge in [0, 0.05) is 19.1 Å². The normalized spacial score (nSPS) is 17.9. The van der Waals surface area contributed by atoms with Crippen LogP contribution in [0.4, 0.5) is 0 Å². The molecule has 1 amide bonds. The highest BCUT2D eigenvalue weighted by molar-refractivity contribution is 5.79. The Morgan fingerprint density at radius 1 is 1.25 bits per heavy atom. The van der Waals surface area contributed by atoms with Crippen LogP contribution in [0.15, 0.2) is 30.3 Å². The first-order valence-corrected chi connectivity index (χ1v) is 7.60. The lowest BCUT2D eigenvalue weighted by atomic mass is 9.94. The summed E-state index contributed by atoms with van der Waals surface area (Å²) in [4.78, 5) is 12.4. The quantitative estimate of drug-likeness (QED) is 0.895. The molecule has 1 N–H and O–H groups in total. The summed E-state index contributed by atoms with van der Waals surface area (Å²) in [6.45, 7) is 5.80. The summed E-state index contributed by atoms with van der Waals surface area (Å²) in [6, 6.07) is 10.4. The van der Waals surface area contributed by atoms with Gasteiger partial charge in [-0.1, -0.05) is 44.2 Å². The molecule has 110 valence electrons. The zero-order valence-electron chi connectivity index (χ0n) is 12.5. The lowest BCUT2D eigenvalue weighted by molar-refractivity contribution is -0.128. The van der Waals surface area contributed by atoms with E-state index in [2.05, 4.69) is 31.3 Å². The molecule has 0 aromatic heterocycles. The summed E-state index contributed by atoms with van der Waals surface area (Å²) in [5.74, 6) is 0.847. The summed E-state index contributed by atoms with van der Waals surface area (Å²) >= 11 is 0. The fourth-order valence-electron chi connectivity index (χ4n) is 2.68. The highest BCUT2D eigenvalue weighted by atomic mass is 16.5. The maximum atomic E-state index is 12.4. The van der Waals surface area contributed by atoms with Crippen LogP contribution in [0.1, 0.15) is 44.7 Å². The molecule has 20 heavy (non-hydrogen) atoms. The van der Waals surface area contributed by atoms with Gasteiger partial charge in [-0.25, -0.2) is 0 Å². The zero-order valence-corrected chi connectivity index (χ0v) is 12.5. The van der Waals surface area contributed by atoms with Crippen LogP contribution in [-0.4, -0.2) is 19.1 Å². The van der Waals surface area contributed by atoms with E-state index in [1.165, 1.54) is 5.56 Å². The van der Waals surface area contributed by atoms with Gasteiger partial charge < -0.3 is 10.1 Å². The van der Waals surface area contributed by atoms with Crippen LogP contribution in [0.2, 0.25) is 0 Å². The Bertz CT molecular complexity index is 410. The number of hydrogen-bond donors (Lipinski definition) is 1. The van der Waals surface area contributed by atoms with E-state index in [9.17, 15) is 4.79 Å². The molecule has 0 saturated carbocycles. The molecule has 1 aromatic carbocycles. The standard InChI is InChI=1S/C17H25NO2/c1-13(2)12-16(14-6-4-3-5-7-14)18-17(19)15-8-10-20-11-9-15/h3-7,13,15-16H,8-12H2,1-2H3,(H,18,19). The molecule has 1 saturated heterocycles. The van der Waals surface area contributed by atoms with Crippen molar-refractivity contribution in [2.24, 2.45) is 11.8 Å². The SMILES string of the molecule is CC(C)CC(NC(=O)C1CCOCC1)c1ccccc1. The third-order valence-electron chi connectivity index (χ3n) is 3.82. The summed E-state index contributed by atoms with van der Waals surface area (Å²) < 4.78 is 5.32. The fourth-order valence-corrected chi connectivity index (χ4v) is 2.68. The first-order chi connectivity index (χ1) is 9.66. The molecule has 0 aliphatic carbocycles. The molecule has 3 nitrogen and oxygen atoms in total. The van der Waals surface area contributed by atoms with Gasteiger partial charge in [0.1, 0.15) is 0 Å². The Morgan fingerprint density at radius 2 is 1.90 bits per heavy atom. The lowest BCUT2D eigenvalue weighted by Gasteiger charge is -2.26. The smallest absolute Gasteiger partial charge is 0.223 e. The van der Waals surface area contributed by atoms with Crippen LogP contribution < -0.4 is 5.32 Å². The van der Waals surface area contributed by atoms with Crippen LogP contribution in [0.5, 0.6) is 0 Å². The number of hydrogen-bond acceptors (Lipinski definition) is 2. The number of carbonyl (C=O) groups excluding carboxylic acids is 1. The van der Waals surface area contributed by atoms with Crippen molar-refractivity contribution in [1.82, 2.24) is 5.32 Å². The second kappa shape index (κ2) is 7.44. The van der Waals surface area contributed by atoms with E-state index < -0.39 is 0 Å². The largest absolute Gasteiger partial charge is 0.381 e. The van der Waals surface area contributed by atoms with E-state index in [0.717, 1.165) is 19.3 Å². The Kier molecular flexibility index (Phi) is 5.60. The predicted molar refractivity (Wildman–Crippen MR) is 80.3 cm³/mol. The number of benzene rings is 1. The highest BCUT2D eigenvalue weighted by Crippen LogP contribution is 2.23. The molecule has 0 bridgehead atoms. The van der Waals surface area contributed by atoms with Crippen LogP contribution in [-0.2, 0) is 9.53 Å². The first kappa shape index (κ1) is 15.0. The Morgan fingerprint density at radius 3 is 2.50 bits per heavy atom. The van der Waals surface area contributed by atoms with Gasteiger partial charge in [0.05, 0.1) is 6.04 Å². The van der Waals surface area contributed by atoms with Gasteiger partial charge in [0.15, 0.2) is 0 Å². The van der Waals surface area contributed by atoms with E-state index in [1.807, 2.05) is 18.2 Å². The van der Waals surface area contributed by atoms with Crippen molar-refractivity contribution >= 4 is 5.91 Å². The molecule has 1 aliphatic rings. The van der Waals surface area contributed by atoms with Crippen molar-refractivity contribution in [2.75, 3.05) is 13.2 Å². The molecule has 3 heteroatoms. The third kappa shape index (κ3) is 4.34. The number of rotatable bonds is 5. The molecule has 1 atom stereocenters. The monoisotopic (exact) mass is 275 g/mol. The van der Waals surface area contributed by atoms with Gasteiger partial charge in [0.25, 0.3) is 0 Å². The minimum atomic E-state index is 0.113. The summed E-state index contributed by atoms with van der Waals surface area (Å²) in [5.41, 5.74) is 1.20. The topological polar surface area (TPSA) is 38.3 Å². The number of ether oxygens (including phenoxy) is 1. The van der Waals surface area contributed by atoms with E-state index in [-0.39, 0.29) is 17.9 Å². The van der Waals surface area contributed by atoms with Crippen LogP contribution >= 0.6 is 0 Å². The molecule has 0 spiro atoms. The van der Waals surface area contributed by atoms with Crippen molar-refractivity contribution in [3.05, 3.63) is 35.9 Å². The van der Waals surface area contributed by atoms with Crippen molar-refractivity contribution in [2.45, 2.75) is 39.2 Å². The molecule has 1 unspecified atom stereocenters. The van der Waals surface area contributed by atoms with Gasteiger partial charge in [-0.05, 0) is 30.7 Å². The predicted octanol–water partition coefficient (Wildman–Crippen LogP) is 3.32. The van der Waals surface area contributed by atoms with E-state index >= 15 is 0 Å². The molecular formula is C17H25NO2. The maximum absolute atomic E-state index is 12.4. The summed E-state index contributed by atoms with van der Waals surface area (Å²) in [6.07, 6.45) is 2.66. The average Bonchev–Trinajstić information content (AvgIpc) is 2.48. The Labute approximate surface area is 121 Å². The van der Waals surface area contributed by atoms with Crippen molar-refractivity contribution in [3.8, 4) is 0 Å². The zero-order chi connectivity index (χ0) is 14.4. The number of amides is 1. The van der Waals surface area contributed by atoms with Gasteiger partial charge >= 0.3 is 0 Å². The third-order valence-corrected chi connectivity index (χ3v) is 3.82. The van der Waals surface area contributed by atoms with Crippen molar-refractivity contribution < 1.29 is 9.53 Å². The van der Waals surface area contributed by atoms with Gasteiger partial charge in [0.2, 0.25) is 5.91 Å². The van der Waals surface area contributed by atoms with Crippen LogP contribution in [0.3, 0.4) is 0 Å². The highest BCUT2D eigenvalue weighted by Gasteiger charge is 2.24. The second-order valence-corrected chi connectivity index (χ2v) is 5.99. The number of carbonyl (C=O) groups is 1. The lowest BCUT2D eigenvalue weighted by Crippen LogP contribution is -2.37. The van der Waals surface area contributed by atoms with Crippen molar-refractivity contribution in [3.63, 3.8) is 0 Å². The van der Waals surface area contributed by atoms with E-state index in [1.54, 1.807) is 0 Å². The van der Waals surface area contributed by atoms with Crippen molar-refractivity contribution in [1.29, 1.82) is 0 Å². The Balaban J connectivity index is 2.01. The molecular weight excluding hydrogens is 250 g/mol. The average molecular weight is 275 g/mol. The minimum Gasteiger partial charge on any atom is -0.381 e. The minimum absolute atomic E-state index is 0.113. The van der Waals surface area contributed by atoms with Gasteiger partial charge in [-0.3, -0.25) is 4.79 Å². The Hall–Kier alpha value is -1.35. The molecule has 1 aliphatic heterocycles.